The zero-order chi connectivity index (χ0) is 13.1. The molecule has 0 saturated heterocycles. The molecule has 1 heteroatoms. The Bertz CT molecular complexity index is 526. The summed E-state index contributed by atoms with van der Waals surface area (Å²) in [7, 11) is 2.14. The van der Waals surface area contributed by atoms with E-state index in [0.717, 1.165) is 5.92 Å². The van der Waals surface area contributed by atoms with Crippen LogP contribution in [0.3, 0.4) is 0 Å². The number of rotatable bonds is 3. The minimum Gasteiger partial charge on any atom is -0.345 e. The van der Waals surface area contributed by atoms with Crippen LogP contribution in [-0.4, -0.2) is 7.05 Å². The lowest BCUT2D eigenvalue weighted by atomic mass is 9.97. The lowest BCUT2D eigenvalue weighted by Crippen LogP contribution is -2.09. The third-order valence-corrected chi connectivity index (χ3v) is 4.23. The van der Waals surface area contributed by atoms with Crippen LogP contribution in [0.1, 0.15) is 37.2 Å². The van der Waals surface area contributed by atoms with Gasteiger partial charge in [-0.05, 0) is 48.6 Å². The third kappa shape index (κ3) is 2.65. The van der Waals surface area contributed by atoms with Crippen LogP contribution in [0.25, 0.3) is 0 Å². The van der Waals surface area contributed by atoms with Gasteiger partial charge in [-0.15, -0.1) is 0 Å². The van der Waals surface area contributed by atoms with Crippen molar-refractivity contribution >= 4 is 11.4 Å². The highest BCUT2D eigenvalue weighted by Crippen LogP contribution is 2.36. The molecule has 1 aliphatic carbocycles. The zero-order valence-electron chi connectivity index (χ0n) is 11.5. The van der Waals surface area contributed by atoms with Gasteiger partial charge in [-0.3, -0.25) is 0 Å². The topological polar surface area (TPSA) is 3.24 Å². The van der Waals surface area contributed by atoms with E-state index in [1.165, 1.54) is 42.6 Å². The van der Waals surface area contributed by atoms with E-state index >= 15 is 0 Å². The van der Waals surface area contributed by atoms with Gasteiger partial charge in [0, 0.05) is 18.4 Å². The summed E-state index contributed by atoms with van der Waals surface area (Å²) in [6, 6.07) is 19.6. The van der Waals surface area contributed by atoms with Crippen molar-refractivity contribution in [2.24, 2.45) is 0 Å². The van der Waals surface area contributed by atoms with Crippen molar-refractivity contribution in [3.05, 3.63) is 60.2 Å². The lowest BCUT2D eigenvalue weighted by molar-refractivity contribution is 0.723. The first-order valence-corrected chi connectivity index (χ1v) is 7.23. The van der Waals surface area contributed by atoms with E-state index in [-0.39, 0.29) is 0 Å². The quantitative estimate of drug-likeness (QED) is 0.732. The van der Waals surface area contributed by atoms with Gasteiger partial charge in [0.2, 0.25) is 0 Å². The summed E-state index contributed by atoms with van der Waals surface area (Å²) in [6.45, 7) is 0. The van der Waals surface area contributed by atoms with E-state index in [0.29, 0.717) is 0 Å². The number of hydrogen-bond acceptors (Lipinski definition) is 1. The van der Waals surface area contributed by atoms with Crippen molar-refractivity contribution in [2.45, 2.75) is 31.6 Å². The summed E-state index contributed by atoms with van der Waals surface area (Å²) in [6.07, 6.45) is 5.50. The molecule has 0 aromatic heterocycles. The van der Waals surface area contributed by atoms with Gasteiger partial charge in [0.1, 0.15) is 0 Å². The summed E-state index contributed by atoms with van der Waals surface area (Å²) in [5.74, 6) is 0.782. The molecule has 0 amide bonds. The molecular weight excluding hydrogens is 230 g/mol. The molecule has 2 aromatic carbocycles. The summed E-state index contributed by atoms with van der Waals surface area (Å²) >= 11 is 0. The number of benzene rings is 2. The van der Waals surface area contributed by atoms with Gasteiger partial charge < -0.3 is 4.90 Å². The second kappa shape index (κ2) is 5.48. The minimum atomic E-state index is 0.782. The van der Waals surface area contributed by atoms with Crippen LogP contribution < -0.4 is 4.90 Å². The molecule has 1 aliphatic rings. The second-order valence-electron chi connectivity index (χ2n) is 5.47. The molecule has 3 rings (SSSR count). The Labute approximate surface area is 115 Å². The smallest absolute Gasteiger partial charge is 0.0410 e. The van der Waals surface area contributed by atoms with Crippen molar-refractivity contribution in [2.75, 3.05) is 11.9 Å². The maximum absolute atomic E-state index is 2.36. The van der Waals surface area contributed by atoms with Crippen molar-refractivity contribution in [3.63, 3.8) is 0 Å². The summed E-state index contributed by atoms with van der Waals surface area (Å²) in [5, 5.41) is 0. The fourth-order valence-electron chi connectivity index (χ4n) is 3.05. The van der Waals surface area contributed by atoms with Gasteiger partial charge in [-0.1, -0.05) is 43.2 Å². The normalized spacial score (nSPS) is 15.6. The molecule has 0 heterocycles. The minimum absolute atomic E-state index is 0.782. The highest BCUT2D eigenvalue weighted by Gasteiger charge is 2.17. The van der Waals surface area contributed by atoms with Crippen LogP contribution in [0.2, 0.25) is 0 Å². The molecule has 0 spiro atoms. The Morgan fingerprint density at radius 1 is 0.842 bits per heavy atom. The van der Waals surface area contributed by atoms with E-state index in [9.17, 15) is 0 Å². The Hall–Kier alpha value is -1.76. The highest BCUT2D eigenvalue weighted by molar-refractivity contribution is 5.63. The van der Waals surface area contributed by atoms with Gasteiger partial charge in [0.05, 0.1) is 0 Å². The van der Waals surface area contributed by atoms with Gasteiger partial charge >= 0.3 is 0 Å². The summed E-state index contributed by atoms with van der Waals surface area (Å²) < 4.78 is 0. The molecule has 0 aliphatic heterocycles. The predicted octanol–water partition coefficient (Wildman–Crippen LogP) is 5.11. The van der Waals surface area contributed by atoms with Crippen molar-refractivity contribution in [1.82, 2.24) is 0 Å². The summed E-state index contributed by atoms with van der Waals surface area (Å²) in [4.78, 5) is 2.26. The molecule has 1 nitrogen and oxygen atoms in total. The zero-order valence-corrected chi connectivity index (χ0v) is 11.5. The molecule has 2 aromatic rings. The molecule has 0 N–H and O–H groups in total. The van der Waals surface area contributed by atoms with E-state index in [1.54, 1.807) is 0 Å². The molecule has 98 valence electrons. The van der Waals surface area contributed by atoms with Gasteiger partial charge in [0.25, 0.3) is 0 Å². The molecule has 0 unspecified atom stereocenters. The monoisotopic (exact) mass is 251 g/mol. The predicted molar refractivity (Wildman–Crippen MR) is 82.2 cm³/mol. The van der Waals surface area contributed by atoms with E-state index in [2.05, 4.69) is 66.5 Å². The maximum atomic E-state index is 2.36. The molecule has 1 saturated carbocycles. The fourth-order valence-corrected chi connectivity index (χ4v) is 3.05. The third-order valence-electron chi connectivity index (χ3n) is 4.23. The first-order chi connectivity index (χ1) is 9.34. The Kier molecular flexibility index (Phi) is 3.54. The second-order valence-corrected chi connectivity index (χ2v) is 5.47. The average Bonchev–Trinajstić information content (AvgIpc) is 3.02. The Morgan fingerprint density at radius 2 is 1.53 bits per heavy atom. The van der Waals surface area contributed by atoms with Crippen LogP contribution >= 0.6 is 0 Å². The maximum Gasteiger partial charge on any atom is 0.0410 e. The number of anilines is 2. The molecule has 19 heavy (non-hydrogen) atoms. The summed E-state index contributed by atoms with van der Waals surface area (Å²) in [5.41, 5.74) is 4.04. The SMILES string of the molecule is CN(c1ccccc1)c1cccc(C2CCCC2)c1. The molecule has 0 radical (unpaired) electrons. The van der Waals surface area contributed by atoms with Crippen LogP contribution in [0.4, 0.5) is 11.4 Å². The standard InChI is InChI=1S/C18H21N/c1-19(17-11-3-2-4-12-17)18-13-7-10-16(14-18)15-8-5-6-9-15/h2-4,7,10-15H,5-6,8-9H2,1H3. The lowest BCUT2D eigenvalue weighted by Gasteiger charge is -2.21. The van der Waals surface area contributed by atoms with E-state index < -0.39 is 0 Å². The number of para-hydroxylation sites is 1. The van der Waals surface area contributed by atoms with E-state index in [1.807, 2.05) is 0 Å². The molecule has 0 atom stereocenters. The number of hydrogen-bond donors (Lipinski definition) is 0. The van der Waals surface area contributed by atoms with Crippen molar-refractivity contribution in [3.8, 4) is 0 Å². The van der Waals surface area contributed by atoms with Crippen molar-refractivity contribution < 1.29 is 0 Å². The van der Waals surface area contributed by atoms with Crippen molar-refractivity contribution in [1.29, 1.82) is 0 Å². The van der Waals surface area contributed by atoms with Crippen LogP contribution in [0.5, 0.6) is 0 Å². The average molecular weight is 251 g/mol. The van der Waals surface area contributed by atoms with Gasteiger partial charge in [-0.25, -0.2) is 0 Å². The van der Waals surface area contributed by atoms with Crippen LogP contribution in [-0.2, 0) is 0 Å². The fraction of sp³-hybridized carbons (Fsp3) is 0.333. The number of nitrogens with zero attached hydrogens (tertiary/aromatic N) is 1. The molecule has 0 bridgehead atoms. The van der Waals surface area contributed by atoms with Crippen LogP contribution in [0.15, 0.2) is 54.6 Å². The molecular formula is C18H21N. The Morgan fingerprint density at radius 3 is 2.26 bits per heavy atom. The Balaban J connectivity index is 1.86. The van der Waals surface area contributed by atoms with Gasteiger partial charge in [-0.2, -0.15) is 0 Å². The largest absolute Gasteiger partial charge is 0.345 e. The first-order valence-electron chi connectivity index (χ1n) is 7.23. The molecule has 1 fully saturated rings. The van der Waals surface area contributed by atoms with Crippen LogP contribution in [0, 0.1) is 0 Å². The van der Waals surface area contributed by atoms with Gasteiger partial charge in [0.15, 0.2) is 0 Å². The first kappa shape index (κ1) is 12.3. The van der Waals surface area contributed by atoms with E-state index in [4.69, 9.17) is 0 Å². The highest BCUT2D eigenvalue weighted by atomic mass is 15.1.